The number of benzene rings is 2. The summed E-state index contributed by atoms with van der Waals surface area (Å²) in [4.78, 5) is 52.1. The molecule has 0 saturated carbocycles. The number of urea groups is 1. The van der Waals surface area contributed by atoms with Gasteiger partial charge in [-0.25, -0.2) is 9.69 Å². The summed E-state index contributed by atoms with van der Waals surface area (Å²) in [5.74, 6) is -2.30. The molecule has 31 heavy (non-hydrogen) atoms. The molecule has 0 bridgehead atoms. The van der Waals surface area contributed by atoms with Gasteiger partial charge in [-0.15, -0.1) is 0 Å². The fraction of sp³-hybridized carbons (Fsp3) is 0.167. The van der Waals surface area contributed by atoms with E-state index in [4.69, 9.17) is 0 Å². The van der Waals surface area contributed by atoms with Crippen molar-refractivity contribution in [3.63, 3.8) is 0 Å². The number of Topliss-reactive ketones (excluding diaryl/α,β-unsaturated/α-hetero) is 1. The Labute approximate surface area is 179 Å². The van der Waals surface area contributed by atoms with Gasteiger partial charge < -0.3 is 4.57 Å². The fourth-order valence-corrected chi connectivity index (χ4v) is 3.84. The average molecular weight is 415 g/mol. The van der Waals surface area contributed by atoms with Gasteiger partial charge in [0.15, 0.2) is 5.78 Å². The number of hydrogen-bond acceptors (Lipinski definition) is 4. The maximum absolute atomic E-state index is 13.0. The van der Waals surface area contributed by atoms with Crippen LogP contribution in [0.15, 0.2) is 66.7 Å². The number of carbonyl (C=O) groups excluding carboxylic acids is 4. The van der Waals surface area contributed by atoms with Crippen LogP contribution in [0, 0.1) is 13.8 Å². The first-order valence-electron chi connectivity index (χ1n) is 9.87. The molecule has 3 aromatic rings. The van der Waals surface area contributed by atoms with Gasteiger partial charge in [0.25, 0.3) is 0 Å². The Bertz CT molecular complexity index is 1180. The minimum Gasteiger partial charge on any atom is -0.318 e. The van der Waals surface area contributed by atoms with Crippen LogP contribution < -0.4 is 0 Å². The Hall–Kier alpha value is -4.00. The standard InChI is InChI=1S/C24H21N3O4/c1-16-13-20(17(2)27(16)19-11-7-4-8-12-19)21(28)15-26-23(30)22(29)25(24(26)31)14-18-9-5-3-6-10-18/h3-13H,14-15H2,1-2H3. The summed E-state index contributed by atoms with van der Waals surface area (Å²) in [6, 6.07) is 19.5. The lowest BCUT2D eigenvalue weighted by atomic mass is 10.1. The highest BCUT2D eigenvalue weighted by molar-refractivity contribution is 6.45. The summed E-state index contributed by atoms with van der Waals surface area (Å²) in [7, 11) is 0. The van der Waals surface area contributed by atoms with Gasteiger partial charge in [-0.3, -0.25) is 19.3 Å². The van der Waals surface area contributed by atoms with Crippen molar-refractivity contribution in [3.8, 4) is 5.69 Å². The van der Waals surface area contributed by atoms with E-state index in [1.165, 1.54) is 0 Å². The summed E-state index contributed by atoms with van der Waals surface area (Å²) in [5.41, 5.74) is 3.61. The molecule has 2 aromatic carbocycles. The summed E-state index contributed by atoms with van der Waals surface area (Å²) in [6.45, 7) is 3.20. The lowest BCUT2D eigenvalue weighted by Crippen LogP contribution is -2.37. The maximum atomic E-state index is 13.0. The van der Waals surface area contributed by atoms with Gasteiger partial charge in [-0.1, -0.05) is 48.5 Å². The van der Waals surface area contributed by atoms with Crippen LogP contribution in [0.1, 0.15) is 27.3 Å². The molecule has 4 amide bonds. The second-order valence-electron chi connectivity index (χ2n) is 7.43. The quantitative estimate of drug-likeness (QED) is 0.352. The fourth-order valence-electron chi connectivity index (χ4n) is 3.84. The number of ketones is 1. The van der Waals surface area contributed by atoms with Crippen molar-refractivity contribution >= 4 is 23.6 Å². The van der Waals surface area contributed by atoms with Crippen LogP contribution in [0.3, 0.4) is 0 Å². The Morgan fingerprint density at radius 1 is 0.806 bits per heavy atom. The molecule has 0 radical (unpaired) electrons. The summed E-state index contributed by atoms with van der Waals surface area (Å²) < 4.78 is 1.94. The van der Waals surface area contributed by atoms with Crippen molar-refractivity contribution in [1.82, 2.24) is 14.4 Å². The summed E-state index contributed by atoms with van der Waals surface area (Å²) in [6.07, 6.45) is 0. The highest BCUT2D eigenvalue weighted by Gasteiger charge is 2.45. The van der Waals surface area contributed by atoms with Crippen LogP contribution in [0.4, 0.5) is 4.79 Å². The van der Waals surface area contributed by atoms with Gasteiger partial charge in [0.05, 0.1) is 13.1 Å². The van der Waals surface area contributed by atoms with Gasteiger partial charge in [0.2, 0.25) is 0 Å². The van der Waals surface area contributed by atoms with E-state index in [0.29, 0.717) is 11.3 Å². The molecule has 7 heteroatoms. The Kier molecular flexibility index (Phi) is 5.25. The van der Waals surface area contributed by atoms with Crippen LogP contribution >= 0.6 is 0 Å². The van der Waals surface area contributed by atoms with Crippen LogP contribution in [0.5, 0.6) is 0 Å². The van der Waals surface area contributed by atoms with Crippen molar-refractivity contribution in [1.29, 1.82) is 0 Å². The topological polar surface area (TPSA) is 79.7 Å². The number of aromatic nitrogens is 1. The van der Waals surface area contributed by atoms with E-state index >= 15 is 0 Å². The number of amides is 4. The highest BCUT2D eigenvalue weighted by atomic mass is 16.2. The first kappa shape index (κ1) is 20.3. The van der Waals surface area contributed by atoms with Gasteiger partial charge in [-0.05, 0) is 37.6 Å². The number of aryl methyl sites for hydroxylation is 1. The Morgan fingerprint density at radius 3 is 2.03 bits per heavy atom. The van der Waals surface area contributed by atoms with E-state index in [2.05, 4.69) is 0 Å². The Morgan fingerprint density at radius 2 is 1.39 bits per heavy atom. The van der Waals surface area contributed by atoms with Crippen molar-refractivity contribution in [2.75, 3.05) is 6.54 Å². The van der Waals surface area contributed by atoms with Crippen molar-refractivity contribution < 1.29 is 19.2 Å². The van der Waals surface area contributed by atoms with Gasteiger partial charge in [0.1, 0.15) is 0 Å². The number of imide groups is 2. The zero-order valence-electron chi connectivity index (χ0n) is 17.2. The molecule has 0 atom stereocenters. The van der Waals surface area contributed by atoms with Crippen molar-refractivity contribution in [3.05, 3.63) is 89.2 Å². The number of carbonyl (C=O) groups is 4. The van der Waals surface area contributed by atoms with E-state index in [9.17, 15) is 19.2 Å². The van der Waals surface area contributed by atoms with Crippen LogP contribution in [-0.4, -0.2) is 44.5 Å². The molecule has 1 aromatic heterocycles. The number of nitrogens with zero attached hydrogens (tertiary/aromatic N) is 3. The number of para-hydroxylation sites is 1. The molecule has 1 aliphatic heterocycles. The van der Waals surface area contributed by atoms with E-state index < -0.39 is 30.2 Å². The second-order valence-corrected chi connectivity index (χ2v) is 7.43. The SMILES string of the molecule is Cc1cc(C(=O)CN2C(=O)C(=O)N(Cc3ccccc3)C2=O)c(C)n1-c1ccccc1. The molecule has 7 nitrogen and oxygen atoms in total. The lowest BCUT2D eigenvalue weighted by molar-refractivity contribution is -0.143. The molecule has 156 valence electrons. The Balaban J connectivity index is 1.56. The normalized spacial score (nSPS) is 13.9. The van der Waals surface area contributed by atoms with E-state index in [1.807, 2.05) is 54.8 Å². The zero-order valence-corrected chi connectivity index (χ0v) is 17.2. The molecule has 0 spiro atoms. The largest absolute Gasteiger partial charge is 0.334 e. The third kappa shape index (κ3) is 3.66. The summed E-state index contributed by atoms with van der Waals surface area (Å²) >= 11 is 0. The third-order valence-electron chi connectivity index (χ3n) is 5.37. The molecule has 0 N–H and O–H groups in total. The van der Waals surface area contributed by atoms with Gasteiger partial charge in [0, 0.05) is 22.6 Å². The lowest BCUT2D eigenvalue weighted by Gasteiger charge is -2.15. The minimum atomic E-state index is -0.980. The molecule has 0 aliphatic carbocycles. The predicted molar refractivity (Wildman–Crippen MR) is 114 cm³/mol. The average Bonchev–Trinajstić information content (AvgIpc) is 3.18. The zero-order chi connectivity index (χ0) is 22.1. The smallest absolute Gasteiger partial charge is 0.318 e. The van der Waals surface area contributed by atoms with Gasteiger partial charge >= 0.3 is 17.8 Å². The van der Waals surface area contributed by atoms with Crippen molar-refractivity contribution in [2.45, 2.75) is 20.4 Å². The second kappa shape index (κ2) is 8.02. The monoisotopic (exact) mass is 415 g/mol. The number of hydrogen-bond donors (Lipinski definition) is 0. The molecule has 1 aliphatic rings. The van der Waals surface area contributed by atoms with E-state index in [0.717, 1.165) is 26.7 Å². The molecule has 4 rings (SSSR count). The molecular weight excluding hydrogens is 394 g/mol. The molecule has 2 heterocycles. The first-order chi connectivity index (χ1) is 14.9. The first-order valence-corrected chi connectivity index (χ1v) is 9.87. The van der Waals surface area contributed by atoms with E-state index in [-0.39, 0.29) is 6.54 Å². The predicted octanol–water partition coefficient (Wildman–Crippen LogP) is 3.27. The maximum Gasteiger partial charge on any atom is 0.334 e. The number of rotatable bonds is 6. The summed E-state index contributed by atoms with van der Waals surface area (Å²) in [5, 5.41) is 0. The van der Waals surface area contributed by atoms with Crippen molar-refractivity contribution in [2.24, 2.45) is 0 Å². The molecule has 1 fully saturated rings. The van der Waals surface area contributed by atoms with Crippen LogP contribution in [0.25, 0.3) is 5.69 Å². The third-order valence-corrected chi connectivity index (χ3v) is 5.37. The van der Waals surface area contributed by atoms with E-state index in [1.54, 1.807) is 30.3 Å². The minimum absolute atomic E-state index is 0.0164. The highest BCUT2D eigenvalue weighted by Crippen LogP contribution is 2.23. The molecule has 1 saturated heterocycles. The molecule has 0 unspecified atom stereocenters. The molecular formula is C24H21N3O4. The van der Waals surface area contributed by atoms with Crippen LogP contribution in [-0.2, 0) is 16.1 Å². The van der Waals surface area contributed by atoms with Gasteiger partial charge in [-0.2, -0.15) is 0 Å². The van der Waals surface area contributed by atoms with Crippen LogP contribution in [0.2, 0.25) is 0 Å².